The first-order valence-corrected chi connectivity index (χ1v) is 7.16. The van der Waals surface area contributed by atoms with Crippen molar-refractivity contribution in [3.05, 3.63) is 54.6 Å². The molecule has 0 aliphatic carbocycles. The molecule has 0 unspecified atom stereocenters. The molecule has 24 heavy (non-hydrogen) atoms. The zero-order valence-corrected chi connectivity index (χ0v) is 12.7. The van der Waals surface area contributed by atoms with Gasteiger partial charge in [-0.2, -0.15) is 9.97 Å². The highest BCUT2D eigenvalue weighted by Crippen LogP contribution is 2.22. The molecule has 120 valence electrons. The van der Waals surface area contributed by atoms with Crippen molar-refractivity contribution < 1.29 is 18.2 Å². The van der Waals surface area contributed by atoms with Gasteiger partial charge in [-0.05, 0) is 18.2 Å². The highest BCUT2D eigenvalue weighted by molar-refractivity contribution is 5.56. The second kappa shape index (κ2) is 5.99. The zero-order chi connectivity index (χ0) is 16.4. The fourth-order valence-corrected chi connectivity index (χ4v) is 2.11. The molecule has 0 spiro atoms. The monoisotopic (exact) mass is 324 g/mol. The number of ether oxygens (including phenoxy) is 1. The standard InChI is InChI=1S/C16H12N4O4/c1-10-17-15(19-23-10)11-3-2-4-13(7-11)22-9-14-18-16(20-24-14)12-5-6-21-8-12/h2-8H,9H2,1H3. The summed E-state index contributed by atoms with van der Waals surface area (Å²) in [5.74, 6) is 2.48. The van der Waals surface area contributed by atoms with E-state index in [-0.39, 0.29) is 6.61 Å². The predicted molar refractivity (Wildman–Crippen MR) is 80.8 cm³/mol. The van der Waals surface area contributed by atoms with Gasteiger partial charge in [-0.1, -0.05) is 22.4 Å². The first-order chi connectivity index (χ1) is 11.8. The third-order valence-corrected chi connectivity index (χ3v) is 3.23. The molecule has 8 heteroatoms. The van der Waals surface area contributed by atoms with Crippen LogP contribution in [0.1, 0.15) is 11.8 Å². The van der Waals surface area contributed by atoms with E-state index < -0.39 is 0 Å². The summed E-state index contributed by atoms with van der Waals surface area (Å²) in [6.45, 7) is 1.89. The average Bonchev–Trinajstić information content (AvgIpc) is 3.34. The summed E-state index contributed by atoms with van der Waals surface area (Å²) in [7, 11) is 0. The van der Waals surface area contributed by atoms with Crippen molar-refractivity contribution in [2.24, 2.45) is 0 Å². The second-order valence-electron chi connectivity index (χ2n) is 4.98. The van der Waals surface area contributed by atoms with E-state index in [1.54, 1.807) is 25.5 Å². The second-order valence-corrected chi connectivity index (χ2v) is 4.98. The fraction of sp³-hybridized carbons (Fsp3) is 0.125. The van der Waals surface area contributed by atoms with Crippen LogP contribution in [-0.4, -0.2) is 20.3 Å². The summed E-state index contributed by atoms with van der Waals surface area (Å²) in [6, 6.07) is 9.12. The SMILES string of the molecule is Cc1nc(-c2cccc(OCc3nc(-c4ccoc4)no3)c2)no1. The van der Waals surface area contributed by atoms with E-state index in [0.29, 0.717) is 29.2 Å². The van der Waals surface area contributed by atoms with E-state index in [2.05, 4.69) is 20.3 Å². The molecule has 0 fully saturated rings. The van der Waals surface area contributed by atoms with Crippen LogP contribution in [0, 0.1) is 6.92 Å². The number of rotatable bonds is 5. The number of benzene rings is 1. The lowest BCUT2D eigenvalue weighted by Gasteiger charge is -2.03. The van der Waals surface area contributed by atoms with Gasteiger partial charge in [-0.3, -0.25) is 0 Å². The van der Waals surface area contributed by atoms with Crippen LogP contribution in [0.2, 0.25) is 0 Å². The van der Waals surface area contributed by atoms with Crippen molar-refractivity contribution in [1.29, 1.82) is 0 Å². The Morgan fingerprint density at radius 1 is 1.00 bits per heavy atom. The Labute approximate surface area is 136 Å². The Hall–Kier alpha value is -3.42. The van der Waals surface area contributed by atoms with E-state index in [9.17, 15) is 0 Å². The number of hydrogen-bond acceptors (Lipinski definition) is 8. The molecule has 0 atom stereocenters. The quantitative estimate of drug-likeness (QED) is 0.551. The first-order valence-electron chi connectivity index (χ1n) is 7.16. The van der Waals surface area contributed by atoms with Crippen molar-refractivity contribution >= 4 is 0 Å². The Bertz CT molecular complexity index is 943. The van der Waals surface area contributed by atoms with Gasteiger partial charge < -0.3 is 18.2 Å². The number of furan rings is 1. The van der Waals surface area contributed by atoms with Gasteiger partial charge in [-0.15, -0.1) is 0 Å². The summed E-state index contributed by atoms with van der Waals surface area (Å²) in [5.41, 5.74) is 1.55. The van der Waals surface area contributed by atoms with Crippen LogP contribution in [0.3, 0.4) is 0 Å². The lowest BCUT2D eigenvalue weighted by atomic mass is 10.2. The zero-order valence-electron chi connectivity index (χ0n) is 12.7. The minimum atomic E-state index is 0.152. The molecule has 0 bridgehead atoms. The van der Waals surface area contributed by atoms with Gasteiger partial charge in [0.05, 0.1) is 11.8 Å². The average molecular weight is 324 g/mol. The maximum atomic E-state index is 5.69. The molecule has 4 aromatic rings. The van der Waals surface area contributed by atoms with Crippen molar-refractivity contribution in [3.63, 3.8) is 0 Å². The highest BCUT2D eigenvalue weighted by atomic mass is 16.5. The van der Waals surface area contributed by atoms with Crippen molar-refractivity contribution in [1.82, 2.24) is 20.3 Å². The lowest BCUT2D eigenvalue weighted by molar-refractivity contribution is 0.243. The molecular weight excluding hydrogens is 312 g/mol. The number of hydrogen-bond donors (Lipinski definition) is 0. The summed E-state index contributed by atoms with van der Waals surface area (Å²) in [5, 5.41) is 7.77. The number of nitrogens with zero attached hydrogens (tertiary/aromatic N) is 4. The summed E-state index contributed by atoms with van der Waals surface area (Å²) >= 11 is 0. The van der Waals surface area contributed by atoms with E-state index in [1.807, 2.05) is 24.3 Å². The summed E-state index contributed by atoms with van der Waals surface area (Å²) < 4.78 is 20.8. The molecule has 3 heterocycles. The maximum Gasteiger partial charge on any atom is 0.264 e. The molecule has 0 radical (unpaired) electrons. The van der Waals surface area contributed by atoms with Crippen LogP contribution in [0.5, 0.6) is 5.75 Å². The third kappa shape index (κ3) is 2.89. The topological polar surface area (TPSA) is 100 Å². The van der Waals surface area contributed by atoms with Gasteiger partial charge in [0.25, 0.3) is 5.89 Å². The Morgan fingerprint density at radius 3 is 2.67 bits per heavy atom. The molecule has 1 aromatic carbocycles. The molecule has 4 rings (SSSR count). The van der Waals surface area contributed by atoms with Gasteiger partial charge in [0, 0.05) is 12.5 Å². The smallest absolute Gasteiger partial charge is 0.264 e. The van der Waals surface area contributed by atoms with E-state index in [0.717, 1.165) is 11.1 Å². The van der Waals surface area contributed by atoms with Crippen LogP contribution in [0.25, 0.3) is 22.8 Å². The molecule has 3 aromatic heterocycles. The van der Waals surface area contributed by atoms with Crippen molar-refractivity contribution in [2.45, 2.75) is 13.5 Å². The number of aromatic nitrogens is 4. The third-order valence-electron chi connectivity index (χ3n) is 3.23. The summed E-state index contributed by atoms with van der Waals surface area (Å²) in [6.07, 6.45) is 3.10. The molecular formula is C16H12N4O4. The molecule has 0 amide bonds. The lowest BCUT2D eigenvalue weighted by Crippen LogP contribution is -1.96. The minimum Gasteiger partial charge on any atom is -0.484 e. The van der Waals surface area contributed by atoms with Gasteiger partial charge in [0.2, 0.25) is 17.5 Å². The highest BCUT2D eigenvalue weighted by Gasteiger charge is 2.11. The van der Waals surface area contributed by atoms with Crippen LogP contribution >= 0.6 is 0 Å². The van der Waals surface area contributed by atoms with Crippen LogP contribution in [-0.2, 0) is 6.61 Å². The normalized spacial score (nSPS) is 10.9. The Morgan fingerprint density at radius 2 is 1.88 bits per heavy atom. The van der Waals surface area contributed by atoms with Crippen LogP contribution in [0.4, 0.5) is 0 Å². The predicted octanol–water partition coefficient (Wildman–Crippen LogP) is 3.27. The van der Waals surface area contributed by atoms with Gasteiger partial charge in [0.15, 0.2) is 6.61 Å². The maximum absolute atomic E-state index is 5.69. The molecule has 0 aliphatic rings. The molecule has 8 nitrogen and oxygen atoms in total. The first kappa shape index (κ1) is 14.2. The van der Waals surface area contributed by atoms with E-state index in [4.69, 9.17) is 18.2 Å². The van der Waals surface area contributed by atoms with Gasteiger partial charge in [-0.25, -0.2) is 0 Å². The van der Waals surface area contributed by atoms with Crippen molar-refractivity contribution in [3.8, 4) is 28.5 Å². The molecule has 0 N–H and O–H groups in total. The molecule has 0 aliphatic heterocycles. The van der Waals surface area contributed by atoms with Crippen LogP contribution in [0.15, 0.2) is 56.3 Å². The Balaban J connectivity index is 1.46. The number of aryl methyl sites for hydroxylation is 1. The summed E-state index contributed by atoms with van der Waals surface area (Å²) in [4.78, 5) is 8.44. The van der Waals surface area contributed by atoms with E-state index >= 15 is 0 Å². The Kier molecular flexibility index (Phi) is 3.54. The van der Waals surface area contributed by atoms with E-state index in [1.165, 1.54) is 0 Å². The fourth-order valence-electron chi connectivity index (χ4n) is 2.11. The van der Waals surface area contributed by atoms with Crippen LogP contribution < -0.4 is 4.74 Å². The molecule has 0 saturated heterocycles. The van der Waals surface area contributed by atoms with Gasteiger partial charge in [0.1, 0.15) is 12.0 Å². The van der Waals surface area contributed by atoms with Gasteiger partial charge >= 0.3 is 0 Å². The molecule has 0 saturated carbocycles. The minimum absolute atomic E-state index is 0.152. The largest absolute Gasteiger partial charge is 0.484 e. The van der Waals surface area contributed by atoms with Crippen molar-refractivity contribution in [2.75, 3.05) is 0 Å².